The molecule has 31 heavy (non-hydrogen) atoms. The fraction of sp³-hybridized carbons (Fsp3) is 0.0435. The van der Waals surface area contributed by atoms with Crippen LogP contribution in [-0.2, 0) is 14.8 Å². The van der Waals surface area contributed by atoms with E-state index in [0.717, 1.165) is 5.56 Å². The Labute approximate surface area is 179 Å². The molecule has 0 fully saturated rings. The molecule has 0 atom stereocenters. The molecule has 3 aromatic carbocycles. The molecule has 0 spiro atoms. The van der Waals surface area contributed by atoms with E-state index >= 15 is 0 Å². The van der Waals surface area contributed by atoms with Gasteiger partial charge >= 0.3 is 0 Å². The summed E-state index contributed by atoms with van der Waals surface area (Å²) in [5, 5.41) is 2.63. The molecule has 8 heteroatoms. The highest BCUT2D eigenvalue weighted by atomic mass is 32.2. The molecule has 4 rings (SSSR count). The van der Waals surface area contributed by atoms with Crippen molar-refractivity contribution >= 4 is 27.3 Å². The largest absolute Gasteiger partial charge is 0.436 e. The molecule has 0 saturated heterocycles. The molecule has 156 valence electrons. The lowest BCUT2D eigenvalue weighted by Gasteiger charge is -2.09. The van der Waals surface area contributed by atoms with E-state index in [-0.39, 0.29) is 10.8 Å². The Morgan fingerprint density at radius 2 is 1.48 bits per heavy atom. The summed E-state index contributed by atoms with van der Waals surface area (Å²) in [6, 6.07) is 22.3. The van der Waals surface area contributed by atoms with Crippen molar-refractivity contribution in [2.24, 2.45) is 0 Å². The number of oxazole rings is 1. The van der Waals surface area contributed by atoms with Gasteiger partial charge in [-0.05, 0) is 48.5 Å². The van der Waals surface area contributed by atoms with Gasteiger partial charge in [-0.1, -0.05) is 30.3 Å². The second kappa shape index (κ2) is 8.45. The second-order valence-electron chi connectivity index (χ2n) is 6.78. The highest BCUT2D eigenvalue weighted by molar-refractivity contribution is 7.92. The molecule has 2 N–H and O–H groups in total. The van der Waals surface area contributed by atoms with Crippen LogP contribution >= 0.6 is 0 Å². The van der Waals surface area contributed by atoms with Crippen LogP contribution in [0.3, 0.4) is 0 Å². The maximum Gasteiger partial charge on any atom is 0.261 e. The number of rotatable bonds is 6. The Hall–Kier alpha value is -3.91. The Morgan fingerprint density at radius 3 is 2.13 bits per heavy atom. The first-order valence-electron chi connectivity index (χ1n) is 9.43. The topological polar surface area (TPSA) is 101 Å². The first-order chi connectivity index (χ1) is 14.9. The van der Waals surface area contributed by atoms with E-state index in [0.29, 0.717) is 28.6 Å². The highest BCUT2D eigenvalue weighted by Gasteiger charge is 2.15. The summed E-state index contributed by atoms with van der Waals surface area (Å²) in [7, 11) is -3.77. The molecule has 0 bridgehead atoms. The zero-order valence-electron chi connectivity index (χ0n) is 16.6. The van der Waals surface area contributed by atoms with Gasteiger partial charge in [-0.15, -0.1) is 0 Å². The number of benzene rings is 3. The van der Waals surface area contributed by atoms with Gasteiger partial charge in [0.25, 0.3) is 10.0 Å². The molecule has 1 aromatic heterocycles. The maximum absolute atomic E-state index is 12.7. The van der Waals surface area contributed by atoms with Crippen molar-refractivity contribution in [3.63, 3.8) is 0 Å². The van der Waals surface area contributed by atoms with Crippen LogP contribution in [0.2, 0.25) is 0 Å². The van der Waals surface area contributed by atoms with Crippen LogP contribution in [0.4, 0.5) is 11.4 Å². The number of hydrogen-bond acceptors (Lipinski definition) is 5. The third-order valence-corrected chi connectivity index (χ3v) is 5.83. The van der Waals surface area contributed by atoms with Gasteiger partial charge in [0.05, 0.1) is 11.1 Å². The van der Waals surface area contributed by atoms with Crippen molar-refractivity contribution in [3.05, 3.63) is 85.1 Å². The van der Waals surface area contributed by atoms with Gasteiger partial charge in [0.15, 0.2) is 5.76 Å². The summed E-state index contributed by atoms with van der Waals surface area (Å²) in [5.74, 6) is 0.844. The number of nitrogens with zero attached hydrogens (tertiary/aromatic N) is 1. The number of carbonyl (C=O) groups excluding carboxylic acids is 1. The Balaban J connectivity index is 1.49. The number of anilines is 2. The van der Waals surface area contributed by atoms with Crippen molar-refractivity contribution in [2.45, 2.75) is 11.8 Å². The van der Waals surface area contributed by atoms with Gasteiger partial charge in [0, 0.05) is 29.4 Å². The monoisotopic (exact) mass is 433 g/mol. The van der Waals surface area contributed by atoms with Gasteiger partial charge in [-0.2, -0.15) is 0 Å². The predicted molar refractivity (Wildman–Crippen MR) is 119 cm³/mol. The summed E-state index contributed by atoms with van der Waals surface area (Å²) in [6.07, 6.45) is 1.64. The smallest absolute Gasteiger partial charge is 0.261 e. The first-order valence-corrected chi connectivity index (χ1v) is 10.9. The van der Waals surface area contributed by atoms with Gasteiger partial charge in [-0.3, -0.25) is 9.52 Å². The molecule has 0 aliphatic heterocycles. The van der Waals surface area contributed by atoms with Gasteiger partial charge in [0.1, 0.15) is 0 Å². The average molecular weight is 433 g/mol. The van der Waals surface area contributed by atoms with Crippen LogP contribution in [-0.4, -0.2) is 19.3 Å². The van der Waals surface area contributed by atoms with E-state index in [2.05, 4.69) is 15.0 Å². The van der Waals surface area contributed by atoms with Crippen LogP contribution < -0.4 is 10.0 Å². The Kier molecular flexibility index (Phi) is 5.55. The Morgan fingerprint density at radius 1 is 0.839 bits per heavy atom. The molecular weight excluding hydrogens is 414 g/mol. The molecule has 0 saturated carbocycles. The van der Waals surface area contributed by atoms with Crippen molar-refractivity contribution in [2.75, 3.05) is 10.0 Å². The van der Waals surface area contributed by atoms with Crippen LogP contribution in [0.1, 0.15) is 6.92 Å². The average Bonchev–Trinajstić information content (AvgIpc) is 3.26. The fourth-order valence-corrected chi connectivity index (χ4v) is 4.02. The number of sulfonamides is 1. The Bertz CT molecular complexity index is 1300. The molecule has 7 nitrogen and oxygen atoms in total. The quantitative estimate of drug-likeness (QED) is 0.456. The number of aromatic nitrogens is 1. The summed E-state index contributed by atoms with van der Waals surface area (Å²) >= 11 is 0. The minimum atomic E-state index is -3.77. The molecule has 0 unspecified atom stereocenters. The van der Waals surface area contributed by atoms with Crippen LogP contribution in [0.15, 0.2) is 94.4 Å². The standard InChI is InChI=1S/C23H19N3O4S/c1-16(27)25-19-9-11-20(12-10-19)26-31(28,29)21-13-7-18(8-14-21)23-24-15-22(30-23)17-5-3-2-4-6-17/h2-15,26H,1H3,(H,25,27). The van der Waals surface area contributed by atoms with Crippen molar-refractivity contribution in [1.82, 2.24) is 4.98 Å². The number of amides is 1. The normalized spacial score (nSPS) is 11.1. The summed E-state index contributed by atoms with van der Waals surface area (Å²) in [4.78, 5) is 15.5. The van der Waals surface area contributed by atoms with Gasteiger partial charge in [0.2, 0.25) is 11.8 Å². The summed E-state index contributed by atoms with van der Waals surface area (Å²) < 4.78 is 33.7. The lowest BCUT2D eigenvalue weighted by molar-refractivity contribution is -0.114. The molecule has 1 amide bonds. The minimum Gasteiger partial charge on any atom is -0.436 e. The molecule has 1 heterocycles. The number of nitrogens with one attached hydrogen (secondary N) is 2. The molecule has 0 aliphatic rings. The van der Waals surface area contributed by atoms with Crippen LogP contribution in [0, 0.1) is 0 Å². The van der Waals surface area contributed by atoms with E-state index in [1.54, 1.807) is 42.6 Å². The minimum absolute atomic E-state index is 0.108. The van der Waals surface area contributed by atoms with E-state index in [4.69, 9.17) is 4.42 Å². The van der Waals surface area contributed by atoms with Crippen LogP contribution in [0.25, 0.3) is 22.8 Å². The zero-order chi connectivity index (χ0) is 21.8. The SMILES string of the molecule is CC(=O)Nc1ccc(NS(=O)(=O)c2ccc(-c3ncc(-c4ccccc4)o3)cc2)cc1. The first kappa shape index (κ1) is 20.4. The summed E-state index contributed by atoms with van der Waals surface area (Å²) in [6.45, 7) is 1.40. The third-order valence-electron chi connectivity index (χ3n) is 4.43. The third kappa shape index (κ3) is 4.81. The number of carbonyl (C=O) groups is 1. The number of hydrogen-bond donors (Lipinski definition) is 2. The van der Waals surface area contributed by atoms with Crippen molar-refractivity contribution < 1.29 is 17.6 Å². The van der Waals surface area contributed by atoms with Gasteiger partial charge in [-0.25, -0.2) is 13.4 Å². The molecule has 0 radical (unpaired) electrons. The highest BCUT2D eigenvalue weighted by Crippen LogP contribution is 2.27. The van der Waals surface area contributed by atoms with Crippen LogP contribution in [0.5, 0.6) is 0 Å². The van der Waals surface area contributed by atoms with Gasteiger partial charge < -0.3 is 9.73 Å². The van der Waals surface area contributed by atoms with Crippen molar-refractivity contribution in [3.8, 4) is 22.8 Å². The zero-order valence-corrected chi connectivity index (χ0v) is 17.4. The lowest BCUT2D eigenvalue weighted by atomic mass is 10.2. The molecule has 0 aliphatic carbocycles. The molecular formula is C23H19N3O4S. The second-order valence-corrected chi connectivity index (χ2v) is 8.47. The van der Waals surface area contributed by atoms with Crippen molar-refractivity contribution in [1.29, 1.82) is 0 Å². The molecule has 4 aromatic rings. The summed E-state index contributed by atoms with van der Waals surface area (Å²) in [5.41, 5.74) is 2.55. The predicted octanol–water partition coefficient (Wildman–Crippen LogP) is 4.77. The lowest BCUT2D eigenvalue weighted by Crippen LogP contribution is -2.13. The van der Waals surface area contributed by atoms with E-state index in [1.807, 2.05) is 30.3 Å². The van der Waals surface area contributed by atoms with E-state index in [1.165, 1.54) is 19.1 Å². The van der Waals surface area contributed by atoms with E-state index in [9.17, 15) is 13.2 Å². The van der Waals surface area contributed by atoms with E-state index < -0.39 is 10.0 Å². The maximum atomic E-state index is 12.7. The fourth-order valence-electron chi connectivity index (χ4n) is 2.96.